The molecule has 0 atom stereocenters. The molecule has 0 aliphatic rings. The highest BCUT2D eigenvalue weighted by molar-refractivity contribution is 5.85. The van der Waals surface area contributed by atoms with Gasteiger partial charge in [-0.05, 0) is 25.5 Å². The largest absolute Gasteiger partial charge is 0.463 e. The molecule has 0 unspecified atom stereocenters. The molecule has 6 nitrogen and oxygen atoms in total. The van der Waals surface area contributed by atoms with Crippen molar-refractivity contribution in [1.29, 1.82) is 0 Å². The van der Waals surface area contributed by atoms with Gasteiger partial charge in [0.05, 0.1) is 12.8 Å². The van der Waals surface area contributed by atoms with Crippen LogP contribution in [0, 0.1) is 13.8 Å². The van der Waals surface area contributed by atoms with Gasteiger partial charge in [0.2, 0.25) is 0 Å². The van der Waals surface area contributed by atoms with E-state index in [4.69, 9.17) is 0 Å². The minimum absolute atomic E-state index is 0.00205. The van der Waals surface area contributed by atoms with Gasteiger partial charge in [0.25, 0.3) is 11.6 Å². The van der Waals surface area contributed by atoms with Crippen LogP contribution < -0.4 is 0 Å². The summed E-state index contributed by atoms with van der Waals surface area (Å²) in [6, 6.07) is 8.01. The lowest BCUT2D eigenvalue weighted by molar-refractivity contribution is 0.0587. The van der Waals surface area contributed by atoms with Crippen LogP contribution >= 0.6 is 0 Å². The van der Waals surface area contributed by atoms with E-state index in [1.54, 1.807) is 10.7 Å². The summed E-state index contributed by atoms with van der Waals surface area (Å²) in [6.07, 6.45) is 1.65. The number of rotatable bonds is 2. The maximum Gasteiger partial charge on any atom is 0.378 e. The first-order valence-corrected chi connectivity index (χ1v) is 6.48. The van der Waals surface area contributed by atoms with Gasteiger partial charge in [-0.2, -0.15) is 9.50 Å². The Kier molecular flexibility index (Phi) is 3.13. The van der Waals surface area contributed by atoms with Crippen molar-refractivity contribution in [2.24, 2.45) is 0 Å². The second kappa shape index (κ2) is 4.97. The minimum Gasteiger partial charge on any atom is -0.463 e. The highest BCUT2D eigenvalue weighted by Crippen LogP contribution is 2.24. The van der Waals surface area contributed by atoms with E-state index < -0.39 is 5.97 Å². The number of hydrogen-bond acceptors (Lipinski definition) is 5. The molecule has 0 aliphatic heterocycles. The van der Waals surface area contributed by atoms with Crippen LogP contribution in [0.4, 0.5) is 0 Å². The van der Waals surface area contributed by atoms with E-state index in [0.29, 0.717) is 5.78 Å². The summed E-state index contributed by atoms with van der Waals surface area (Å²) < 4.78 is 6.21. The molecule has 0 fully saturated rings. The monoisotopic (exact) mass is 282 g/mol. The van der Waals surface area contributed by atoms with Crippen LogP contribution in [0.25, 0.3) is 17.0 Å². The molecule has 0 saturated carbocycles. The molecule has 0 amide bonds. The molecule has 0 saturated heterocycles. The van der Waals surface area contributed by atoms with Crippen molar-refractivity contribution < 1.29 is 9.53 Å². The summed E-state index contributed by atoms with van der Waals surface area (Å²) in [6.45, 7) is 4.08. The number of aromatic nitrogens is 4. The number of carbonyl (C=O) groups excluding carboxylic acids is 1. The van der Waals surface area contributed by atoms with Gasteiger partial charge in [-0.15, -0.1) is 5.10 Å². The van der Waals surface area contributed by atoms with Crippen molar-refractivity contribution >= 4 is 11.7 Å². The van der Waals surface area contributed by atoms with E-state index in [1.165, 1.54) is 12.7 Å². The fourth-order valence-corrected chi connectivity index (χ4v) is 2.28. The molecule has 3 aromatic rings. The quantitative estimate of drug-likeness (QED) is 0.674. The number of carbonyl (C=O) groups is 1. The molecule has 0 radical (unpaired) electrons. The lowest BCUT2D eigenvalue weighted by atomic mass is 10.0. The van der Waals surface area contributed by atoms with Crippen molar-refractivity contribution in [1.82, 2.24) is 19.6 Å². The first-order valence-electron chi connectivity index (χ1n) is 6.48. The Balaban J connectivity index is 2.23. The summed E-state index contributed by atoms with van der Waals surface area (Å²) in [4.78, 5) is 19.8. The molecule has 0 bridgehead atoms. The highest BCUT2D eigenvalue weighted by atomic mass is 16.5. The van der Waals surface area contributed by atoms with E-state index >= 15 is 0 Å². The number of fused-ring (bicyclic) bond motifs is 1. The molecule has 2 heterocycles. The average molecular weight is 282 g/mol. The number of benzene rings is 1. The number of aryl methyl sites for hydroxylation is 2. The van der Waals surface area contributed by atoms with E-state index in [0.717, 1.165) is 16.8 Å². The first-order chi connectivity index (χ1) is 10.1. The molecule has 0 spiro atoms. The third-order valence-corrected chi connectivity index (χ3v) is 3.27. The molecule has 0 N–H and O–H groups in total. The third-order valence-electron chi connectivity index (χ3n) is 3.27. The van der Waals surface area contributed by atoms with E-state index in [-0.39, 0.29) is 5.82 Å². The van der Waals surface area contributed by atoms with Gasteiger partial charge < -0.3 is 4.74 Å². The summed E-state index contributed by atoms with van der Waals surface area (Å²) in [7, 11) is 1.30. The summed E-state index contributed by atoms with van der Waals surface area (Å²) in [5.74, 6) is -0.206. The topological polar surface area (TPSA) is 69.4 Å². The lowest BCUT2D eigenvalue weighted by Crippen LogP contribution is -2.04. The minimum atomic E-state index is -0.577. The van der Waals surface area contributed by atoms with Gasteiger partial charge in [0, 0.05) is 11.8 Å². The fraction of sp³-hybridized carbons (Fsp3) is 0.200. The number of methoxy groups -OCH3 is 1. The number of ether oxygens (including phenoxy) is 1. The van der Waals surface area contributed by atoms with Gasteiger partial charge in [-0.25, -0.2) is 9.78 Å². The molecule has 1 aromatic carbocycles. The van der Waals surface area contributed by atoms with Crippen LogP contribution in [-0.4, -0.2) is 32.7 Å². The molecular formula is C15H14N4O2. The van der Waals surface area contributed by atoms with Gasteiger partial charge in [0.1, 0.15) is 0 Å². The normalized spacial score (nSPS) is 10.8. The fourth-order valence-electron chi connectivity index (χ4n) is 2.28. The summed E-state index contributed by atoms with van der Waals surface area (Å²) in [5, 5.41) is 4.19. The summed E-state index contributed by atoms with van der Waals surface area (Å²) >= 11 is 0. The maximum absolute atomic E-state index is 11.6. The first kappa shape index (κ1) is 13.2. The highest BCUT2D eigenvalue weighted by Gasteiger charge is 2.16. The van der Waals surface area contributed by atoms with Crippen LogP contribution in [0.15, 0.2) is 30.5 Å². The van der Waals surface area contributed by atoms with Crippen molar-refractivity contribution in [3.8, 4) is 11.3 Å². The van der Waals surface area contributed by atoms with Gasteiger partial charge in [0.15, 0.2) is 0 Å². The third kappa shape index (κ3) is 2.24. The van der Waals surface area contributed by atoms with E-state index in [9.17, 15) is 4.79 Å². The van der Waals surface area contributed by atoms with Crippen LogP contribution in [-0.2, 0) is 4.74 Å². The Morgan fingerprint density at radius 3 is 2.76 bits per heavy atom. The second-order valence-corrected chi connectivity index (χ2v) is 4.79. The molecule has 21 heavy (non-hydrogen) atoms. The zero-order chi connectivity index (χ0) is 15.0. The molecule has 106 valence electrons. The van der Waals surface area contributed by atoms with Gasteiger partial charge >= 0.3 is 5.97 Å². The Bertz CT molecular complexity index is 839. The maximum atomic E-state index is 11.6. The van der Waals surface area contributed by atoms with Crippen molar-refractivity contribution in [3.63, 3.8) is 0 Å². The average Bonchev–Trinajstić information content (AvgIpc) is 2.90. The second-order valence-electron chi connectivity index (χ2n) is 4.79. The van der Waals surface area contributed by atoms with E-state index in [2.05, 4.69) is 25.9 Å². The smallest absolute Gasteiger partial charge is 0.378 e. The molecule has 6 heteroatoms. The van der Waals surface area contributed by atoms with Gasteiger partial charge in [-0.1, -0.05) is 23.8 Å². The van der Waals surface area contributed by atoms with Crippen molar-refractivity contribution in [2.75, 3.05) is 7.11 Å². The Morgan fingerprint density at radius 1 is 1.24 bits per heavy atom. The van der Waals surface area contributed by atoms with Crippen LogP contribution in [0.5, 0.6) is 0 Å². The predicted molar refractivity (Wildman–Crippen MR) is 77.0 cm³/mol. The standard InChI is InChI=1S/C15H14N4O2/c1-9-4-5-11(10(2)8-9)12-6-7-16-15-17-13(14(20)21-3)18-19(12)15/h4-8H,1-3H3. The Hall–Kier alpha value is -2.76. The predicted octanol–water partition coefficient (Wildman–Crippen LogP) is 2.19. The Labute approximate surface area is 121 Å². The van der Waals surface area contributed by atoms with Crippen LogP contribution in [0.3, 0.4) is 0 Å². The SMILES string of the molecule is COC(=O)c1nc2nccc(-c3ccc(C)cc3C)n2n1. The zero-order valence-corrected chi connectivity index (χ0v) is 12.0. The van der Waals surface area contributed by atoms with Crippen molar-refractivity contribution in [2.45, 2.75) is 13.8 Å². The molecule has 3 rings (SSSR count). The Morgan fingerprint density at radius 2 is 2.05 bits per heavy atom. The molecule has 2 aromatic heterocycles. The zero-order valence-electron chi connectivity index (χ0n) is 12.0. The van der Waals surface area contributed by atoms with Gasteiger partial charge in [-0.3, -0.25) is 0 Å². The van der Waals surface area contributed by atoms with E-state index in [1.807, 2.05) is 32.0 Å². The number of nitrogens with zero attached hydrogens (tertiary/aromatic N) is 4. The lowest BCUT2D eigenvalue weighted by Gasteiger charge is -2.08. The van der Waals surface area contributed by atoms with Crippen molar-refractivity contribution in [3.05, 3.63) is 47.4 Å². The number of hydrogen-bond donors (Lipinski definition) is 0. The molecule has 0 aliphatic carbocycles. The van der Waals surface area contributed by atoms with Crippen LogP contribution in [0.1, 0.15) is 21.7 Å². The van der Waals surface area contributed by atoms with Crippen LogP contribution in [0.2, 0.25) is 0 Å². The summed E-state index contributed by atoms with van der Waals surface area (Å²) in [5.41, 5.74) is 4.17. The molecular weight excluding hydrogens is 268 g/mol. The number of esters is 1.